The molecular weight excluding hydrogens is 344 g/mol. The number of hydrogen-bond acceptors (Lipinski definition) is 0. The fraction of sp³-hybridized carbons (Fsp3) is 0. The van der Waals surface area contributed by atoms with E-state index in [-0.39, 0.29) is 35.7 Å². The first-order chi connectivity index (χ1) is 6.91. The Morgan fingerprint density at radius 3 is 1.40 bits per heavy atom. The predicted octanol–water partition coefficient (Wildman–Crippen LogP) is 6.73. The van der Waals surface area contributed by atoms with E-state index in [1.54, 1.807) is 0 Å². The van der Waals surface area contributed by atoms with E-state index in [2.05, 4.69) is 0 Å². The van der Waals surface area contributed by atoms with Gasteiger partial charge in [0.05, 0.1) is 30.1 Å². The maximum atomic E-state index is 5.91. The third-order valence-electron chi connectivity index (χ3n) is 1.54. The minimum absolute atomic E-state index is 0.0797. The van der Waals surface area contributed by atoms with Crippen LogP contribution in [0, 0.1) is 0 Å². The quantitative estimate of drug-likeness (QED) is 0.391. The van der Waals surface area contributed by atoms with Gasteiger partial charge in [0.25, 0.3) is 0 Å². The third-order valence-corrected chi connectivity index (χ3v) is 4.45. The van der Waals surface area contributed by atoms with Crippen LogP contribution in [0.15, 0.2) is 5.54 Å². The molecule has 0 unspecified atom stereocenters. The van der Waals surface area contributed by atoms with Crippen molar-refractivity contribution in [1.82, 2.24) is 0 Å². The second-order valence-electron chi connectivity index (χ2n) is 2.40. The third kappa shape index (κ3) is 2.63. The minimum Gasteiger partial charge on any atom is -0.0913 e. The summed E-state index contributed by atoms with van der Waals surface area (Å²) >= 11 is 40.5. The Bertz CT molecular complexity index is 406. The maximum absolute atomic E-state index is 5.91. The molecule has 0 aliphatic heterocycles. The van der Waals surface area contributed by atoms with Gasteiger partial charge in [-0.25, -0.2) is 0 Å². The highest BCUT2D eigenvalue weighted by Crippen LogP contribution is 2.47. The fourth-order valence-corrected chi connectivity index (χ4v) is 2.61. The molecule has 0 aliphatic carbocycles. The first kappa shape index (κ1) is 14.1. The number of benzene rings is 1. The number of rotatable bonds is 1. The fourth-order valence-electron chi connectivity index (χ4n) is 0.869. The molecule has 1 aromatic rings. The van der Waals surface area contributed by atoms with Crippen LogP contribution >= 0.6 is 81.2 Å². The molecule has 0 atom stereocenters. The van der Waals surface area contributed by atoms with Gasteiger partial charge in [-0.05, 0) is 0 Å². The molecule has 0 heterocycles. The van der Waals surface area contributed by atoms with Gasteiger partial charge in [0.15, 0.2) is 0 Å². The van der Waals surface area contributed by atoms with Crippen molar-refractivity contribution >= 4 is 86.2 Å². The molecule has 0 N–H and O–H groups in total. The highest BCUT2D eigenvalue weighted by atomic mass is 35.5. The normalized spacial score (nSPS) is 12.1. The Morgan fingerprint density at radius 2 is 1.07 bits per heavy atom. The predicted molar refractivity (Wildman–Crippen MR) is 71.2 cm³/mol. The van der Waals surface area contributed by atoms with Crippen LogP contribution in [0.4, 0.5) is 0 Å². The van der Waals surface area contributed by atoms with Gasteiger partial charge in [0.2, 0.25) is 0 Å². The topological polar surface area (TPSA) is 0 Å². The van der Waals surface area contributed by atoms with Crippen molar-refractivity contribution in [3.05, 3.63) is 36.2 Å². The lowest BCUT2D eigenvalue weighted by Gasteiger charge is -2.10. The monoisotopic (exact) mass is 342 g/mol. The van der Waals surface area contributed by atoms with Crippen LogP contribution in [0.5, 0.6) is 0 Å². The van der Waals surface area contributed by atoms with E-state index >= 15 is 0 Å². The average Bonchev–Trinajstić information content (AvgIpc) is 2.23. The summed E-state index contributed by atoms with van der Waals surface area (Å²) in [4.78, 5) is 0. The van der Waals surface area contributed by atoms with Gasteiger partial charge in [-0.1, -0.05) is 81.2 Å². The molecule has 0 saturated heterocycles. The van der Waals surface area contributed by atoms with Gasteiger partial charge in [0, 0.05) is 11.1 Å². The lowest BCUT2D eigenvalue weighted by atomic mass is 10.2. The van der Waals surface area contributed by atoms with E-state index < -0.39 is 0 Å². The highest BCUT2D eigenvalue weighted by Gasteiger charge is 2.20. The second-order valence-corrected chi connectivity index (χ2v) is 4.92. The maximum Gasteiger partial charge on any atom is 0.0809 e. The molecule has 0 spiro atoms. The lowest BCUT2D eigenvalue weighted by molar-refractivity contribution is 1.64. The van der Waals surface area contributed by atoms with Gasteiger partial charge in [-0.3, -0.25) is 0 Å². The van der Waals surface area contributed by atoms with E-state index in [1.165, 1.54) is 0 Å². The van der Waals surface area contributed by atoms with Gasteiger partial charge < -0.3 is 0 Å². The van der Waals surface area contributed by atoms with Crippen molar-refractivity contribution in [3.8, 4) is 0 Å². The molecule has 0 amide bonds. The van der Waals surface area contributed by atoms with Crippen molar-refractivity contribution in [2.45, 2.75) is 0 Å². The van der Waals surface area contributed by atoms with E-state index in [0.29, 0.717) is 0 Å². The summed E-state index contributed by atoms with van der Waals surface area (Å²) in [5.74, 6) is 0. The Morgan fingerprint density at radius 1 is 0.733 bits per heavy atom. The first-order valence-electron chi connectivity index (χ1n) is 3.39. The average molecular weight is 345 g/mol. The molecule has 7 heteroatoms. The van der Waals surface area contributed by atoms with Gasteiger partial charge in [-0.15, -0.1) is 0 Å². The zero-order valence-electron chi connectivity index (χ0n) is 6.72. The molecule has 0 radical (unpaired) electrons. The molecule has 1 rings (SSSR count). The molecule has 82 valence electrons. The zero-order valence-corrected chi connectivity index (χ0v) is 12.0. The number of halogens is 7. The largest absolute Gasteiger partial charge is 0.0913 e. The molecule has 15 heavy (non-hydrogen) atoms. The van der Waals surface area contributed by atoms with Crippen molar-refractivity contribution in [1.29, 1.82) is 0 Å². The molecule has 0 aromatic heterocycles. The van der Waals surface area contributed by atoms with E-state index in [9.17, 15) is 0 Å². The lowest BCUT2D eigenvalue weighted by Crippen LogP contribution is -1.87. The first-order valence-corrected chi connectivity index (χ1v) is 6.10. The molecule has 0 nitrogen and oxygen atoms in total. The molecule has 0 saturated carbocycles. The summed E-state index contributed by atoms with van der Waals surface area (Å²) in [6, 6.07) is 0. The Kier molecular flexibility index (Phi) is 5.20. The van der Waals surface area contributed by atoms with Crippen molar-refractivity contribution in [2.75, 3.05) is 0 Å². The van der Waals surface area contributed by atoms with Gasteiger partial charge in [0.1, 0.15) is 0 Å². The Labute approximate surface area is 122 Å². The number of hydrogen-bond donors (Lipinski definition) is 0. The summed E-state index contributed by atoms with van der Waals surface area (Å²) in [5, 5.41) is 0.595. The Hall–Kier alpha value is 0.990. The Balaban J connectivity index is 3.67. The molecule has 0 aliphatic rings. The van der Waals surface area contributed by atoms with Crippen LogP contribution in [0.25, 0.3) is 5.03 Å². The van der Waals surface area contributed by atoms with E-state index in [1.807, 2.05) is 0 Å². The van der Waals surface area contributed by atoms with Crippen LogP contribution in [-0.4, -0.2) is 0 Å². The summed E-state index contributed by atoms with van der Waals surface area (Å²) < 4.78 is 0. The van der Waals surface area contributed by atoms with Crippen LogP contribution in [0.1, 0.15) is 5.56 Å². The molecule has 0 fully saturated rings. The highest BCUT2D eigenvalue weighted by molar-refractivity contribution is 6.60. The van der Waals surface area contributed by atoms with E-state index in [4.69, 9.17) is 81.2 Å². The second kappa shape index (κ2) is 5.55. The summed E-state index contributed by atoms with van der Waals surface area (Å²) in [6.45, 7) is 0. The SMILES string of the molecule is ClC=C(Cl)c1c(Cl)c(Cl)c(Cl)c(Cl)c1Cl. The molecular formula is C8HCl7. The van der Waals surface area contributed by atoms with Crippen molar-refractivity contribution in [3.63, 3.8) is 0 Å². The van der Waals surface area contributed by atoms with Crippen LogP contribution in [0.2, 0.25) is 25.1 Å². The molecule has 1 aromatic carbocycles. The van der Waals surface area contributed by atoms with Crippen molar-refractivity contribution < 1.29 is 0 Å². The zero-order chi connectivity index (χ0) is 11.7. The van der Waals surface area contributed by atoms with Crippen LogP contribution < -0.4 is 0 Å². The van der Waals surface area contributed by atoms with Crippen molar-refractivity contribution in [2.24, 2.45) is 0 Å². The van der Waals surface area contributed by atoms with Crippen LogP contribution in [0.3, 0.4) is 0 Å². The van der Waals surface area contributed by atoms with E-state index in [0.717, 1.165) is 5.54 Å². The summed E-state index contributed by atoms with van der Waals surface area (Å²) in [6.07, 6.45) is 0. The van der Waals surface area contributed by atoms with Crippen LogP contribution in [-0.2, 0) is 0 Å². The summed E-state index contributed by atoms with van der Waals surface area (Å²) in [7, 11) is 0. The van der Waals surface area contributed by atoms with Gasteiger partial charge in [-0.2, -0.15) is 0 Å². The van der Waals surface area contributed by atoms with Gasteiger partial charge >= 0.3 is 0 Å². The minimum atomic E-state index is 0.0797. The smallest absolute Gasteiger partial charge is 0.0809 e. The molecule has 0 bridgehead atoms. The standard InChI is InChI=1S/C8HCl7/c9-1-2(10)3-4(11)6(13)8(15)7(14)5(3)12/h1H. The summed E-state index contributed by atoms with van der Waals surface area (Å²) in [5.41, 5.74) is 1.37.